The van der Waals surface area contributed by atoms with Gasteiger partial charge < -0.3 is 9.84 Å². The molecule has 0 fully saturated rings. The summed E-state index contributed by atoms with van der Waals surface area (Å²) in [4.78, 5) is 22.7. The Morgan fingerprint density at radius 3 is 2.94 bits per heavy atom. The first-order chi connectivity index (χ1) is 7.99. The minimum Gasteiger partial charge on any atom is -0.465 e. The van der Waals surface area contributed by atoms with Crippen LogP contribution in [0.5, 0.6) is 0 Å². The minimum absolute atomic E-state index is 0.0788. The molecule has 1 aromatic rings. The Balaban J connectivity index is 2.45. The number of carbonyl (C=O) groups is 2. The molecular weight excluding hydrogens is 231 g/mol. The summed E-state index contributed by atoms with van der Waals surface area (Å²) < 4.78 is 18.5. The molecular formula is C10H9FN2O4. The van der Waals surface area contributed by atoms with Gasteiger partial charge in [0.15, 0.2) is 0 Å². The number of nitrogens with one attached hydrogen (secondary N) is 1. The van der Waals surface area contributed by atoms with Gasteiger partial charge in [-0.05, 0) is 12.1 Å². The third-order valence-electron chi connectivity index (χ3n) is 2.35. The molecule has 1 heterocycles. The van der Waals surface area contributed by atoms with Crippen molar-refractivity contribution in [2.24, 2.45) is 0 Å². The zero-order valence-corrected chi connectivity index (χ0v) is 8.86. The molecule has 90 valence electrons. The molecule has 0 saturated heterocycles. The van der Waals surface area contributed by atoms with Crippen molar-refractivity contribution in [1.82, 2.24) is 0 Å². The summed E-state index contributed by atoms with van der Waals surface area (Å²) in [6.45, 7) is -0.0788. The van der Waals surface area contributed by atoms with Crippen molar-refractivity contribution >= 4 is 23.6 Å². The Morgan fingerprint density at radius 2 is 2.29 bits per heavy atom. The first-order valence-electron chi connectivity index (χ1n) is 4.72. The second-order valence-electron chi connectivity index (χ2n) is 3.51. The Labute approximate surface area is 95.6 Å². The smallest absolute Gasteiger partial charge is 0.414 e. The van der Waals surface area contributed by atoms with Crippen LogP contribution in [0.1, 0.15) is 5.56 Å². The number of benzene rings is 1. The highest BCUT2D eigenvalue weighted by Crippen LogP contribution is 2.31. The van der Waals surface area contributed by atoms with Gasteiger partial charge in [0, 0.05) is 18.3 Å². The predicted molar refractivity (Wildman–Crippen MR) is 56.6 cm³/mol. The number of fused-ring (bicyclic) bond motifs is 1. The van der Waals surface area contributed by atoms with Crippen LogP contribution in [0.2, 0.25) is 0 Å². The summed E-state index contributed by atoms with van der Waals surface area (Å²) in [5.41, 5.74) is 0.619. The fraction of sp³-hybridized carbons (Fsp3) is 0.200. The van der Waals surface area contributed by atoms with Crippen molar-refractivity contribution in [3.8, 4) is 0 Å². The van der Waals surface area contributed by atoms with E-state index in [1.165, 1.54) is 13.1 Å². The van der Waals surface area contributed by atoms with E-state index in [0.717, 1.165) is 11.0 Å². The van der Waals surface area contributed by atoms with Gasteiger partial charge in [-0.25, -0.2) is 14.0 Å². The lowest BCUT2D eigenvalue weighted by Crippen LogP contribution is -2.32. The number of carbonyl (C=O) groups excluding carboxylic acids is 1. The lowest BCUT2D eigenvalue weighted by molar-refractivity contribution is 0.143. The number of cyclic esters (lactones) is 1. The van der Waals surface area contributed by atoms with Crippen molar-refractivity contribution in [3.05, 3.63) is 23.5 Å². The average molecular weight is 240 g/mol. The van der Waals surface area contributed by atoms with Crippen LogP contribution in [0, 0.1) is 5.82 Å². The molecule has 7 heteroatoms. The molecule has 0 saturated carbocycles. The molecule has 17 heavy (non-hydrogen) atoms. The summed E-state index contributed by atoms with van der Waals surface area (Å²) in [7, 11) is 1.38. The van der Waals surface area contributed by atoms with Crippen LogP contribution in [0.15, 0.2) is 12.1 Å². The molecule has 1 aliphatic heterocycles. The Kier molecular flexibility index (Phi) is 2.58. The number of ether oxygens (including phenoxy) is 1. The molecule has 6 nitrogen and oxygen atoms in total. The standard InChI is InChI=1S/C10H9FN2O4/c1-13-8-5(4-17-10(13)16)2-6(3-7(8)11)12-9(14)15/h2-3,12H,4H2,1H3,(H,14,15). The number of hydrogen-bond acceptors (Lipinski definition) is 3. The van der Waals surface area contributed by atoms with Crippen LogP contribution in [-0.2, 0) is 11.3 Å². The number of carboxylic acid groups (broad SMARTS) is 1. The Bertz CT molecular complexity index is 503. The third-order valence-corrected chi connectivity index (χ3v) is 2.35. The zero-order valence-electron chi connectivity index (χ0n) is 8.86. The fourth-order valence-corrected chi connectivity index (χ4v) is 1.66. The van der Waals surface area contributed by atoms with Gasteiger partial charge >= 0.3 is 12.2 Å². The Hall–Kier alpha value is -2.31. The number of hydrogen-bond donors (Lipinski definition) is 2. The first kappa shape index (κ1) is 11.2. The van der Waals surface area contributed by atoms with Crippen molar-refractivity contribution in [2.45, 2.75) is 6.61 Å². The summed E-state index contributed by atoms with van der Waals surface area (Å²) in [6, 6.07) is 2.44. The van der Waals surface area contributed by atoms with E-state index in [1.54, 1.807) is 0 Å². The molecule has 0 spiro atoms. The van der Waals surface area contributed by atoms with E-state index in [1.807, 2.05) is 5.32 Å². The number of anilines is 2. The highest BCUT2D eigenvalue weighted by Gasteiger charge is 2.26. The van der Waals surface area contributed by atoms with Gasteiger partial charge in [0.1, 0.15) is 12.4 Å². The summed E-state index contributed by atoms with van der Waals surface area (Å²) in [6.07, 6.45) is -1.93. The molecule has 0 bridgehead atoms. The van der Waals surface area contributed by atoms with E-state index in [9.17, 15) is 14.0 Å². The lowest BCUT2D eigenvalue weighted by Gasteiger charge is -2.26. The van der Waals surface area contributed by atoms with Gasteiger partial charge in [-0.15, -0.1) is 0 Å². The summed E-state index contributed by atoms with van der Waals surface area (Å²) in [5, 5.41) is 10.6. The maximum Gasteiger partial charge on any atom is 0.414 e. The third kappa shape index (κ3) is 1.99. The molecule has 2 amide bonds. The van der Waals surface area contributed by atoms with Gasteiger partial charge in [-0.2, -0.15) is 0 Å². The fourth-order valence-electron chi connectivity index (χ4n) is 1.66. The zero-order chi connectivity index (χ0) is 12.6. The highest BCUT2D eigenvalue weighted by atomic mass is 19.1. The van der Waals surface area contributed by atoms with E-state index < -0.39 is 18.0 Å². The molecule has 1 aliphatic rings. The van der Waals surface area contributed by atoms with E-state index in [-0.39, 0.29) is 18.0 Å². The number of rotatable bonds is 1. The van der Waals surface area contributed by atoms with Crippen LogP contribution in [-0.4, -0.2) is 24.3 Å². The largest absolute Gasteiger partial charge is 0.465 e. The summed E-state index contributed by atoms with van der Waals surface area (Å²) >= 11 is 0. The van der Waals surface area contributed by atoms with Crippen molar-refractivity contribution in [2.75, 3.05) is 17.3 Å². The normalized spacial score (nSPS) is 14.0. The quantitative estimate of drug-likeness (QED) is 0.786. The van der Waals surface area contributed by atoms with Crippen LogP contribution in [0.3, 0.4) is 0 Å². The maximum absolute atomic E-state index is 13.7. The van der Waals surface area contributed by atoms with Crippen LogP contribution in [0.25, 0.3) is 0 Å². The Morgan fingerprint density at radius 1 is 1.59 bits per heavy atom. The molecule has 1 aromatic carbocycles. The van der Waals surface area contributed by atoms with E-state index in [2.05, 4.69) is 0 Å². The van der Waals surface area contributed by atoms with Gasteiger partial charge in [-0.1, -0.05) is 0 Å². The van der Waals surface area contributed by atoms with E-state index >= 15 is 0 Å². The topological polar surface area (TPSA) is 78.9 Å². The van der Waals surface area contributed by atoms with Gasteiger partial charge in [-0.3, -0.25) is 10.2 Å². The van der Waals surface area contributed by atoms with Crippen LogP contribution in [0.4, 0.5) is 25.4 Å². The average Bonchev–Trinajstić information content (AvgIpc) is 2.22. The molecule has 0 unspecified atom stereocenters. The number of nitrogens with zero attached hydrogens (tertiary/aromatic N) is 1. The van der Waals surface area contributed by atoms with Crippen LogP contribution < -0.4 is 10.2 Å². The number of amides is 2. The monoisotopic (exact) mass is 240 g/mol. The van der Waals surface area contributed by atoms with Crippen molar-refractivity contribution in [1.29, 1.82) is 0 Å². The van der Waals surface area contributed by atoms with Gasteiger partial charge in [0.25, 0.3) is 0 Å². The molecule has 0 atom stereocenters. The van der Waals surface area contributed by atoms with Crippen molar-refractivity contribution < 1.29 is 23.8 Å². The summed E-state index contributed by atoms with van der Waals surface area (Å²) in [5.74, 6) is -0.676. The molecule has 2 N–H and O–H groups in total. The van der Waals surface area contributed by atoms with E-state index in [0.29, 0.717) is 5.56 Å². The van der Waals surface area contributed by atoms with Gasteiger partial charge in [0.2, 0.25) is 0 Å². The lowest BCUT2D eigenvalue weighted by atomic mass is 10.1. The van der Waals surface area contributed by atoms with Gasteiger partial charge in [0.05, 0.1) is 5.69 Å². The van der Waals surface area contributed by atoms with Crippen LogP contribution >= 0.6 is 0 Å². The maximum atomic E-state index is 13.7. The molecule has 2 rings (SSSR count). The SMILES string of the molecule is CN1C(=O)OCc2cc(NC(=O)O)cc(F)c21. The second kappa shape index (κ2) is 3.93. The number of halogens is 1. The second-order valence-corrected chi connectivity index (χ2v) is 3.51. The highest BCUT2D eigenvalue weighted by molar-refractivity contribution is 5.91. The van der Waals surface area contributed by atoms with Crippen molar-refractivity contribution in [3.63, 3.8) is 0 Å². The predicted octanol–water partition coefficient (Wildman–Crippen LogP) is 2.00. The van der Waals surface area contributed by atoms with E-state index in [4.69, 9.17) is 9.84 Å². The minimum atomic E-state index is -1.29. The molecule has 0 aromatic heterocycles. The molecule has 0 aliphatic carbocycles. The first-order valence-corrected chi connectivity index (χ1v) is 4.72. The molecule has 0 radical (unpaired) electrons.